The summed E-state index contributed by atoms with van der Waals surface area (Å²) in [5, 5.41) is 6.08. The molecule has 9 heteroatoms. The van der Waals surface area contributed by atoms with E-state index in [0.29, 0.717) is 25.5 Å². The third-order valence-corrected chi connectivity index (χ3v) is 5.36. The van der Waals surface area contributed by atoms with Crippen LogP contribution < -0.4 is 15.5 Å². The number of rotatable bonds is 7. The Morgan fingerprint density at radius 3 is 2.77 bits per heavy atom. The molecule has 0 radical (unpaired) electrons. The fraction of sp³-hybridized carbons (Fsp3) is 0.238. The number of hydrogen-bond donors (Lipinski definition) is 2. The van der Waals surface area contributed by atoms with Gasteiger partial charge >= 0.3 is 0 Å². The zero-order valence-corrected chi connectivity index (χ0v) is 17.7. The average molecular weight is 469 g/mol. The molecule has 8 nitrogen and oxygen atoms in total. The highest BCUT2D eigenvalue weighted by Gasteiger charge is 2.34. The van der Waals surface area contributed by atoms with Crippen LogP contribution in [0.25, 0.3) is 5.82 Å². The van der Waals surface area contributed by atoms with Crippen molar-refractivity contribution >= 4 is 39.2 Å². The lowest BCUT2D eigenvalue weighted by molar-refractivity contribution is -0.126. The van der Waals surface area contributed by atoms with E-state index in [1.54, 1.807) is 4.90 Å². The van der Waals surface area contributed by atoms with Crippen LogP contribution in [0.1, 0.15) is 6.42 Å². The summed E-state index contributed by atoms with van der Waals surface area (Å²) in [5.74, 6) is 0.942. The molecule has 154 valence electrons. The quantitative estimate of drug-likeness (QED) is 0.520. The van der Waals surface area contributed by atoms with Crippen molar-refractivity contribution in [2.24, 2.45) is 5.92 Å². The minimum atomic E-state index is -0.351. The topological polar surface area (TPSA) is 92.1 Å². The summed E-state index contributed by atoms with van der Waals surface area (Å²) >= 11 is 3.42. The number of carbonyl (C=O) groups is 2. The number of anilines is 2. The standard InChI is InChI=1S/C21H21BrN6O2/c22-16-4-3-5-17(11-16)28-13-15(10-20(28)29)21(30)24-7-6-23-18-12-19(26-14-25-18)27-8-1-2-9-27/h1-5,8-9,11-12,14-15H,6-7,10,13H2,(H,24,30)(H,23,25,26). The van der Waals surface area contributed by atoms with Crippen molar-refractivity contribution in [2.45, 2.75) is 6.42 Å². The highest BCUT2D eigenvalue weighted by molar-refractivity contribution is 9.10. The molecule has 2 amide bonds. The number of carbonyl (C=O) groups excluding carboxylic acids is 2. The minimum absolute atomic E-state index is 0.0371. The molecule has 1 unspecified atom stereocenters. The summed E-state index contributed by atoms with van der Waals surface area (Å²) in [5.41, 5.74) is 0.800. The highest BCUT2D eigenvalue weighted by Crippen LogP contribution is 2.27. The maximum Gasteiger partial charge on any atom is 0.227 e. The van der Waals surface area contributed by atoms with Crippen molar-refractivity contribution in [3.63, 3.8) is 0 Å². The van der Waals surface area contributed by atoms with E-state index in [-0.39, 0.29) is 24.2 Å². The molecule has 3 heterocycles. The number of benzene rings is 1. The molecule has 0 spiro atoms. The second-order valence-electron chi connectivity index (χ2n) is 6.95. The van der Waals surface area contributed by atoms with Crippen LogP contribution in [-0.2, 0) is 9.59 Å². The molecule has 3 aromatic rings. The predicted octanol–water partition coefficient (Wildman–Crippen LogP) is 2.61. The van der Waals surface area contributed by atoms with Crippen molar-refractivity contribution in [1.82, 2.24) is 19.9 Å². The van der Waals surface area contributed by atoms with E-state index in [9.17, 15) is 9.59 Å². The molecule has 0 saturated carbocycles. The smallest absolute Gasteiger partial charge is 0.227 e. The fourth-order valence-electron chi connectivity index (χ4n) is 3.37. The maximum atomic E-state index is 12.5. The number of amides is 2. The van der Waals surface area contributed by atoms with E-state index < -0.39 is 0 Å². The molecule has 1 saturated heterocycles. The summed E-state index contributed by atoms with van der Waals surface area (Å²) in [7, 11) is 0. The molecule has 1 aliphatic heterocycles. The van der Waals surface area contributed by atoms with Crippen molar-refractivity contribution in [3.05, 3.63) is 65.7 Å². The average Bonchev–Trinajstić information content (AvgIpc) is 3.41. The summed E-state index contributed by atoms with van der Waals surface area (Å²) in [4.78, 5) is 34.9. The van der Waals surface area contributed by atoms with Crippen LogP contribution in [0.4, 0.5) is 11.5 Å². The van der Waals surface area contributed by atoms with E-state index in [1.165, 1.54) is 6.33 Å². The second-order valence-corrected chi connectivity index (χ2v) is 7.87. The lowest BCUT2D eigenvalue weighted by atomic mass is 10.1. The van der Waals surface area contributed by atoms with Crippen molar-refractivity contribution in [2.75, 3.05) is 29.9 Å². The van der Waals surface area contributed by atoms with E-state index in [0.717, 1.165) is 16.0 Å². The first-order valence-corrected chi connectivity index (χ1v) is 10.4. The summed E-state index contributed by atoms with van der Waals surface area (Å²) in [6.45, 7) is 1.34. The van der Waals surface area contributed by atoms with Gasteiger partial charge in [-0.05, 0) is 30.3 Å². The van der Waals surface area contributed by atoms with Gasteiger partial charge in [0.25, 0.3) is 0 Å². The van der Waals surface area contributed by atoms with Crippen LogP contribution in [-0.4, -0.2) is 46.0 Å². The Hall–Kier alpha value is -3.20. The first-order chi connectivity index (χ1) is 14.6. The molecule has 4 rings (SSSR count). The number of aromatic nitrogens is 3. The molecule has 30 heavy (non-hydrogen) atoms. The van der Waals surface area contributed by atoms with Gasteiger partial charge in [0.1, 0.15) is 18.0 Å². The van der Waals surface area contributed by atoms with Crippen LogP contribution in [0.5, 0.6) is 0 Å². The normalized spacial score (nSPS) is 16.0. The first kappa shape index (κ1) is 20.1. The molecule has 2 N–H and O–H groups in total. The predicted molar refractivity (Wildman–Crippen MR) is 117 cm³/mol. The third-order valence-electron chi connectivity index (χ3n) is 4.87. The number of hydrogen-bond acceptors (Lipinski definition) is 5. The summed E-state index contributed by atoms with van der Waals surface area (Å²) in [6, 6.07) is 13.2. The SMILES string of the molecule is O=C(NCCNc1cc(-n2cccc2)ncn1)C1CC(=O)N(c2cccc(Br)c2)C1. The molecule has 2 aromatic heterocycles. The zero-order valence-electron chi connectivity index (χ0n) is 16.2. The van der Waals surface area contributed by atoms with Crippen LogP contribution >= 0.6 is 15.9 Å². The fourth-order valence-corrected chi connectivity index (χ4v) is 3.76. The van der Waals surface area contributed by atoms with Gasteiger partial charge in [-0.25, -0.2) is 9.97 Å². The highest BCUT2D eigenvalue weighted by atomic mass is 79.9. The van der Waals surface area contributed by atoms with Gasteiger partial charge in [0, 0.05) is 54.7 Å². The van der Waals surface area contributed by atoms with Crippen LogP contribution in [0.3, 0.4) is 0 Å². The van der Waals surface area contributed by atoms with Gasteiger partial charge in [0.05, 0.1) is 5.92 Å². The molecule has 0 bridgehead atoms. The molecular formula is C21H21BrN6O2. The van der Waals surface area contributed by atoms with Gasteiger partial charge in [0.15, 0.2) is 0 Å². The summed E-state index contributed by atoms with van der Waals surface area (Å²) in [6.07, 6.45) is 5.54. The Morgan fingerprint density at radius 2 is 1.97 bits per heavy atom. The van der Waals surface area contributed by atoms with Crippen molar-refractivity contribution in [1.29, 1.82) is 0 Å². The lowest BCUT2D eigenvalue weighted by Gasteiger charge is -2.17. The first-order valence-electron chi connectivity index (χ1n) is 9.63. The van der Waals surface area contributed by atoms with E-state index in [4.69, 9.17) is 0 Å². The number of nitrogens with zero attached hydrogens (tertiary/aromatic N) is 4. The molecule has 1 atom stereocenters. The number of nitrogens with one attached hydrogen (secondary N) is 2. The van der Waals surface area contributed by atoms with Gasteiger partial charge in [-0.1, -0.05) is 22.0 Å². The maximum absolute atomic E-state index is 12.5. The Morgan fingerprint density at radius 1 is 1.13 bits per heavy atom. The van der Waals surface area contributed by atoms with E-state index >= 15 is 0 Å². The second kappa shape index (κ2) is 9.08. The van der Waals surface area contributed by atoms with Gasteiger partial charge in [-0.2, -0.15) is 0 Å². The Labute approximate surface area is 182 Å². The number of halogens is 1. The molecule has 1 fully saturated rings. The Bertz CT molecular complexity index is 1040. The molecular weight excluding hydrogens is 448 g/mol. The zero-order chi connectivity index (χ0) is 20.9. The Balaban J connectivity index is 1.26. The van der Waals surface area contributed by atoms with Gasteiger partial charge < -0.3 is 20.1 Å². The molecule has 1 aliphatic rings. The largest absolute Gasteiger partial charge is 0.368 e. The third kappa shape index (κ3) is 4.68. The minimum Gasteiger partial charge on any atom is -0.368 e. The van der Waals surface area contributed by atoms with E-state index in [1.807, 2.05) is 59.4 Å². The molecule has 0 aliphatic carbocycles. The van der Waals surface area contributed by atoms with Crippen LogP contribution in [0.2, 0.25) is 0 Å². The van der Waals surface area contributed by atoms with Crippen molar-refractivity contribution in [3.8, 4) is 5.82 Å². The van der Waals surface area contributed by atoms with Crippen molar-refractivity contribution < 1.29 is 9.59 Å². The monoisotopic (exact) mass is 468 g/mol. The van der Waals surface area contributed by atoms with Crippen LogP contribution in [0.15, 0.2) is 65.7 Å². The van der Waals surface area contributed by atoms with Gasteiger partial charge in [0.2, 0.25) is 11.8 Å². The lowest BCUT2D eigenvalue weighted by Crippen LogP contribution is -2.35. The van der Waals surface area contributed by atoms with Gasteiger partial charge in [-0.3, -0.25) is 9.59 Å². The van der Waals surface area contributed by atoms with Crippen LogP contribution in [0, 0.1) is 5.92 Å². The molecule has 1 aromatic carbocycles. The Kier molecular flexibility index (Phi) is 6.08. The van der Waals surface area contributed by atoms with E-state index in [2.05, 4.69) is 36.5 Å². The summed E-state index contributed by atoms with van der Waals surface area (Å²) < 4.78 is 2.79. The van der Waals surface area contributed by atoms with Gasteiger partial charge in [-0.15, -0.1) is 0 Å².